The number of carbonyl (C=O) groups excluding carboxylic acids is 1. The van der Waals surface area contributed by atoms with Gasteiger partial charge in [-0.2, -0.15) is 0 Å². The molecule has 0 aliphatic carbocycles. The van der Waals surface area contributed by atoms with Crippen molar-refractivity contribution in [3.63, 3.8) is 0 Å². The molecule has 1 fully saturated rings. The number of hydrogen-bond donors (Lipinski definition) is 2. The summed E-state index contributed by atoms with van der Waals surface area (Å²) < 4.78 is 5.36. The lowest BCUT2D eigenvalue weighted by atomic mass is 9.95. The van der Waals surface area contributed by atoms with Crippen LogP contribution in [-0.2, 0) is 11.3 Å². The van der Waals surface area contributed by atoms with Gasteiger partial charge in [-0.1, -0.05) is 30.3 Å². The maximum absolute atomic E-state index is 12.2. The monoisotopic (exact) mass is 301 g/mol. The highest BCUT2D eigenvalue weighted by molar-refractivity contribution is 5.67. The number of rotatable bonds is 3. The lowest BCUT2D eigenvalue weighted by molar-refractivity contribution is 0.0856. The van der Waals surface area contributed by atoms with Crippen LogP contribution in [0.2, 0.25) is 0 Å². The average molecular weight is 301 g/mol. The number of aromatic amines is 2. The minimum atomic E-state index is -0.300. The van der Waals surface area contributed by atoms with Crippen LogP contribution in [0.1, 0.15) is 30.0 Å². The number of carbonyl (C=O) groups is 1. The van der Waals surface area contributed by atoms with Gasteiger partial charge in [0.15, 0.2) is 0 Å². The van der Waals surface area contributed by atoms with E-state index in [9.17, 15) is 9.59 Å². The fourth-order valence-corrected chi connectivity index (χ4v) is 2.77. The van der Waals surface area contributed by atoms with Gasteiger partial charge in [0.05, 0.1) is 0 Å². The van der Waals surface area contributed by atoms with Gasteiger partial charge in [0.2, 0.25) is 0 Å². The lowest BCUT2D eigenvalue weighted by Crippen LogP contribution is -2.39. The van der Waals surface area contributed by atoms with Crippen LogP contribution in [0, 0.1) is 0 Å². The van der Waals surface area contributed by atoms with Gasteiger partial charge in [-0.25, -0.2) is 4.79 Å². The Bertz CT molecular complexity index is 677. The third-order valence-corrected chi connectivity index (χ3v) is 3.94. The van der Waals surface area contributed by atoms with Crippen LogP contribution in [-0.4, -0.2) is 34.3 Å². The van der Waals surface area contributed by atoms with Crippen molar-refractivity contribution in [1.82, 2.24) is 15.1 Å². The first kappa shape index (κ1) is 14.4. The molecule has 22 heavy (non-hydrogen) atoms. The van der Waals surface area contributed by atoms with Crippen molar-refractivity contribution < 1.29 is 9.53 Å². The van der Waals surface area contributed by atoms with E-state index in [1.165, 1.54) is 0 Å². The fraction of sp³-hybridized carbons (Fsp3) is 0.375. The van der Waals surface area contributed by atoms with Gasteiger partial charge >= 0.3 is 6.09 Å². The molecule has 0 spiro atoms. The number of H-pyrrole nitrogens is 2. The Morgan fingerprint density at radius 3 is 2.82 bits per heavy atom. The number of nitrogens with one attached hydrogen (secondary N) is 2. The largest absolute Gasteiger partial charge is 0.445 e. The number of amides is 1. The highest BCUT2D eigenvalue weighted by Crippen LogP contribution is 2.25. The molecule has 1 aliphatic rings. The summed E-state index contributed by atoms with van der Waals surface area (Å²) in [5, 5.41) is 5.42. The second kappa shape index (κ2) is 6.51. The van der Waals surface area contributed by atoms with Gasteiger partial charge in [-0.15, -0.1) is 0 Å². The predicted molar refractivity (Wildman–Crippen MR) is 81.6 cm³/mol. The third kappa shape index (κ3) is 3.39. The smallest absolute Gasteiger partial charge is 0.410 e. The van der Waals surface area contributed by atoms with Crippen molar-refractivity contribution >= 4 is 6.09 Å². The van der Waals surface area contributed by atoms with Crippen molar-refractivity contribution in [2.45, 2.75) is 25.4 Å². The number of aromatic nitrogens is 2. The lowest BCUT2D eigenvalue weighted by Gasteiger charge is -2.31. The van der Waals surface area contributed by atoms with E-state index in [2.05, 4.69) is 10.2 Å². The molecule has 1 atom stereocenters. The van der Waals surface area contributed by atoms with Crippen LogP contribution in [0.4, 0.5) is 4.79 Å². The Labute approximate surface area is 128 Å². The number of likely N-dealkylation sites (tertiary alicyclic amines) is 1. The predicted octanol–water partition coefficient (Wildman–Crippen LogP) is 2.22. The molecule has 0 bridgehead atoms. The van der Waals surface area contributed by atoms with E-state index in [1.807, 2.05) is 30.3 Å². The summed E-state index contributed by atoms with van der Waals surface area (Å²) in [5.74, 6) is 0.150. The van der Waals surface area contributed by atoms with Gasteiger partial charge in [0.25, 0.3) is 5.56 Å². The van der Waals surface area contributed by atoms with Crippen molar-refractivity contribution in [3.05, 3.63) is 58.0 Å². The molecule has 1 aliphatic heterocycles. The third-order valence-electron chi connectivity index (χ3n) is 3.94. The maximum Gasteiger partial charge on any atom is 0.410 e. The van der Waals surface area contributed by atoms with Gasteiger partial charge in [-0.05, 0) is 18.4 Å². The molecule has 1 aromatic heterocycles. The Morgan fingerprint density at radius 1 is 1.27 bits per heavy atom. The summed E-state index contributed by atoms with van der Waals surface area (Å²) in [6, 6.07) is 11.2. The van der Waals surface area contributed by atoms with Crippen molar-refractivity contribution in [3.8, 4) is 0 Å². The minimum absolute atomic E-state index is 0.140. The van der Waals surface area contributed by atoms with E-state index < -0.39 is 0 Å². The standard InChI is InChI=1S/C16H19N3O3/c20-15-9-14(17-18-15)13-7-4-8-19(10-13)16(21)22-11-12-5-2-1-3-6-12/h1-3,5-6,9,13H,4,7-8,10-11H2,(H2,17,18,20). The number of hydrogen-bond acceptors (Lipinski definition) is 3. The van der Waals surface area contributed by atoms with E-state index in [0.717, 1.165) is 24.1 Å². The molecule has 1 saturated heterocycles. The zero-order valence-corrected chi connectivity index (χ0v) is 12.2. The second-order valence-electron chi connectivity index (χ2n) is 5.54. The first-order valence-electron chi connectivity index (χ1n) is 7.45. The molecule has 116 valence electrons. The Hall–Kier alpha value is -2.50. The van der Waals surface area contributed by atoms with E-state index in [0.29, 0.717) is 13.1 Å². The van der Waals surface area contributed by atoms with Crippen LogP contribution in [0.3, 0.4) is 0 Å². The fourth-order valence-electron chi connectivity index (χ4n) is 2.77. The normalized spacial score (nSPS) is 18.2. The zero-order chi connectivity index (χ0) is 15.4. The molecule has 1 aromatic carbocycles. The van der Waals surface area contributed by atoms with Crippen molar-refractivity contribution in [1.29, 1.82) is 0 Å². The molecule has 1 amide bonds. The summed E-state index contributed by atoms with van der Waals surface area (Å²) in [5.41, 5.74) is 1.68. The molecule has 2 heterocycles. The van der Waals surface area contributed by atoms with Crippen LogP contribution in [0.5, 0.6) is 0 Å². The van der Waals surface area contributed by atoms with Gasteiger partial charge in [0.1, 0.15) is 6.61 Å². The van der Waals surface area contributed by atoms with E-state index >= 15 is 0 Å². The SMILES string of the molecule is O=C(OCc1ccccc1)N1CCCC(c2cc(=O)[nH][nH]2)C1. The highest BCUT2D eigenvalue weighted by Gasteiger charge is 2.26. The molecule has 0 radical (unpaired) electrons. The molecule has 1 unspecified atom stereocenters. The molecular weight excluding hydrogens is 282 g/mol. The summed E-state index contributed by atoms with van der Waals surface area (Å²) >= 11 is 0. The number of ether oxygens (including phenoxy) is 1. The average Bonchev–Trinajstić information content (AvgIpc) is 3.00. The topological polar surface area (TPSA) is 78.2 Å². The summed E-state index contributed by atoms with van der Waals surface area (Å²) in [6.07, 6.45) is 1.56. The molecule has 0 saturated carbocycles. The Morgan fingerprint density at radius 2 is 2.09 bits per heavy atom. The van der Waals surface area contributed by atoms with E-state index in [-0.39, 0.29) is 24.2 Å². The van der Waals surface area contributed by atoms with Gasteiger partial charge in [-0.3, -0.25) is 9.89 Å². The zero-order valence-electron chi connectivity index (χ0n) is 12.2. The number of benzene rings is 1. The molecule has 2 N–H and O–H groups in total. The number of nitrogens with zero attached hydrogens (tertiary/aromatic N) is 1. The molecule has 2 aromatic rings. The molecular formula is C16H19N3O3. The summed E-state index contributed by atoms with van der Waals surface area (Å²) in [4.78, 5) is 25.1. The summed E-state index contributed by atoms with van der Waals surface area (Å²) in [6.45, 7) is 1.54. The Kier molecular flexibility index (Phi) is 4.27. The van der Waals surface area contributed by atoms with Crippen molar-refractivity contribution in [2.75, 3.05) is 13.1 Å². The van der Waals surface area contributed by atoms with E-state index in [1.54, 1.807) is 11.0 Å². The van der Waals surface area contributed by atoms with Crippen molar-refractivity contribution in [2.24, 2.45) is 0 Å². The second-order valence-corrected chi connectivity index (χ2v) is 5.54. The number of piperidine rings is 1. The summed E-state index contributed by atoms with van der Waals surface area (Å²) in [7, 11) is 0. The Balaban J connectivity index is 1.57. The van der Waals surface area contributed by atoms with Crippen LogP contribution < -0.4 is 5.56 Å². The van der Waals surface area contributed by atoms with Gasteiger partial charge in [0, 0.05) is 30.8 Å². The highest BCUT2D eigenvalue weighted by atomic mass is 16.6. The minimum Gasteiger partial charge on any atom is -0.445 e. The van der Waals surface area contributed by atoms with Crippen LogP contribution in [0.25, 0.3) is 0 Å². The van der Waals surface area contributed by atoms with Crippen LogP contribution >= 0.6 is 0 Å². The first-order chi connectivity index (χ1) is 10.7. The first-order valence-corrected chi connectivity index (χ1v) is 7.45. The van der Waals surface area contributed by atoms with Crippen LogP contribution in [0.15, 0.2) is 41.2 Å². The quantitative estimate of drug-likeness (QED) is 0.912. The molecule has 6 heteroatoms. The molecule has 6 nitrogen and oxygen atoms in total. The molecule has 3 rings (SSSR count). The van der Waals surface area contributed by atoms with E-state index in [4.69, 9.17) is 4.74 Å². The maximum atomic E-state index is 12.2. The van der Waals surface area contributed by atoms with Gasteiger partial charge < -0.3 is 14.7 Å².